The number of benzene rings is 1. The molecule has 0 unspecified atom stereocenters. The van der Waals surface area contributed by atoms with Crippen molar-refractivity contribution in [1.82, 2.24) is 9.78 Å². The number of hydrogen-bond acceptors (Lipinski definition) is 1. The molecule has 6 heteroatoms. The summed E-state index contributed by atoms with van der Waals surface area (Å²) in [5.74, 6) is -0.546. The fourth-order valence-electron chi connectivity index (χ4n) is 1.17. The van der Waals surface area contributed by atoms with Gasteiger partial charge in [0.15, 0.2) is 5.69 Å². The zero-order valence-electron chi connectivity index (χ0n) is 7.79. The summed E-state index contributed by atoms with van der Waals surface area (Å²) in [6.45, 7) is 0. The number of alkyl halides is 3. The summed E-state index contributed by atoms with van der Waals surface area (Å²) in [4.78, 5) is 0. The van der Waals surface area contributed by atoms with Crippen molar-refractivity contribution in [3.8, 4) is 5.69 Å². The van der Waals surface area contributed by atoms with Gasteiger partial charge in [0.2, 0.25) is 0 Å². The number of aromatic nitrogens is 2. The third-order valence-electron chi connectivity index (χ3n) is 1.87. The Kier molecular flexibility index (Phi) is 2.41. The minimum Gasteiger partial charge on any atom is -0.231 e. The van der Waals surface area contributed by atoms with Crippen LogP contribution in [0.2, 0.25) is 0 Å². The number of hydrogen-bond donors (Lipinski definition) is 0. The zero-order chi connectivity index (χ0) is 11.8. The van der Waals surface area contributed by atoms with E-state index < -0.39 is 17.7 Å². The van der Waals surface area contributed by atoms with Crippen molar-refractivity contribution in [3.63, 3.8) is 0 Å². The van der Waals surface area contributed by atoms with E-state index >= 15 is 0 Å². The molecule has 1 heterocycles. The van der Waals surface area contributed by atoms with Gasteiger partial charge in [-0.3, -0.25) is 0 Å². The van der Waals surface area contributed by atoms with Crippen LogP contribution in [-0.2, 0) is 6.18 Å². The van der Waals surface area contributed by atoms with Crippen LogP contribution in [0.5, 0.6) is 0 Å². The van der Waals surface area contributed by atoms with Crippen LogP contribution in [-0.4, -0.2) is 9.78 Å². The normalized spacial score (nSPS) is 11.8. The van der Waals surface area contributed by atoms with Gasteiger partial charge in [-0.25, -0.2) is 9.07 Å². The fraction of sp³-hybridized carbons (Fsp3) is 0.100. The number of rotatable bonds is 1. The summed E-state index contributed by atoms with van der Waals surface area (Å²) >= 11 is 0. The predicted molar refractivity (Wildman–Crippen MR) is 47.4 cm³/mol. The van der Waals surface area contributed by atoms with E-state index in [9.17, 15) is 17.6 Å². The molecule has 2 aromatic rings. The molecule has 1 aromatic carbocycles. The first-order valence-corrected chi connectivity index (χ1v) is 4.28. The van der Waals surface area contributed by atoms with Gasteiger partial charge in [0.05, 0.1) is 11.9 Å². The van der Waals surface area contributed by atoms with Crippen LogP contribution in [0.4, 0.5) is 17.6 Å². The smallest absolute Gasteiger partial charge is 0.231 e. The SMILES string of the molecule is Fc1cccc(-n2[c]cc(C(F)(F)F)n2)c1. The maximum absolute atomic E-state index is 12.8. The predicted octanol–water partition coefficient (Wildman–Crippen LogP) is 2.83. The lowest BCUT2D eigenvalue weighted by atomic mass is 10.3. The lowest BCUT2D eigenvalue weighted by molar-refractivity contribution is -0.141. The molecule has 0 bridgehead atoms. The molecule has 2 rings (SSSR count). The Bertz CT molecular complexity index is 502. The zero-order valence-corrected chi connectivity index (χ0v) is 7.79. The Morgan fingerprint density at radius 3 is 2.56 bits per heavy atom. The highest BCUT2D eigenvalue weighted by atomic mass is 19.4. The molecule has 1 aromatic heterocycles. The van der Waals surface area contributed by atoms with Gasteiger partial charge >= 0.3 is 6.18 Å². The van der Waals surface area contributed by atoms with E-state index in [2.05, 4.69) is 11.3 Å². The second kappa shape index (κ2) is 3.62. The van der Waals surface area contributed by atoms with Crippen molar-refractivity contribution in [2.75, 3.05) is 0 Å². The van der Waals surface area contributed by atoms with Crippen LogP contribution in [0.1, 0.15) is 5.69 Å². The molecule has 0 amide bonds. The second-order valence-corrected chi connectivity index (χ2v) is 3.05. The fourth-order valence-corrected chi connectivity index (χ4v) is 1.17. The van der Waals surface area contributed by atoms with Crippen molar-refractivity contribution in [2.45, 2.75) is 6.18 Å². The van der Waals surface area contributed by atoms with Crippen LogP contribution in [0.3, 0.4) is 0 Å². The van der Waals surface area contributed by atoms with Crippen molar-refractivity contribution in [2.24, 2.45) is 0 Å². The molecule has 0 N–H and O–H groups in total. The molecule has 0 saturated carbocycles. The van der Waals surface area contributed by atoms with E-state index in [-0.39, 0.29) is 5.69 Å². The van der Waals surface area contributed by atoms with E-state index in [0.29, 0.717) is 6.07 Å². The minimum absolute atomic E-state index is 0.190. The Hall–Kier alpha value is -1.85. The summed E-state index contributed by atoms with van der Waals surface area (Å²) in [5, 5.41) is 3.26. The average molecular weight is 229 g/mol. The van der Waals surface area contributed by atoms with Gasteiger partial charge in [-0.1, -0.05) is 6.07 Å². The third kappa shape index (κ3) is 2.05. The molecule has 0 saturated heterocycles. The van der Waals surface area contributed by atoms with Crippen LogP contribution in [0.15, 0.2) is 30.3 Å². The number of nitrogens with zero attached hydrogens (tertiary/aromatic N) is 2. The van der Waals surface area contributed by atoms with Crippen molar-refractivity contribution in [3.05, 3.63) is 48.0 Å². The Morgan fingerprint density at radius 2 is 2.00 bits per heavy atom. The van der Waals surface area contributed by atoms with Crippen LogP contribution < -0.4 is 0 Å². The highest BCUT2D eigenvalue weighted by Gasteiger charge is 2.33. The summed E-state index contributed by atoms with van der Waals surface area (Å²) < 4.78 is 50.3. The molecular weight excluding hydrogens is 224 g/mol. The van der Waals surface area contributed by atoms with Gasteiger partial charge in [-0.2, -0.15) is 18.3 Å². The van der Waals surface area contributed by atoms with Crippen LogP contribution in [0.25, 0.3) is 5.69 Å². The monoisotopic (exact) mass is 229 g/mol. The van der Waals surface area contributed by atoms with Crippen molar-refractivity contribution >= 4 is 0 Å². The molecule has 1 radical (unpaired) electrons. The Balaban J connectivity index is 2.39. The van der Waals surface area contributed by atoms with Crippen LogP contribution in [0, 0.1) is 12.0 Å². The van der Waals surface area contributed by atoms with Crippen LogP contribution >= 0.6 is 0 Å². The summed E-state index contributed by atoms with van der Waals surface area (Å²) in [6.07, 6.45) is -2.24. The molecule has 16 heavy (non-hydrogen) atoms. The van der Waals surface area contributed by atoms with E-state index in [1.165, 1.54) is 18.2 Å². The Morgan fingerprint density at radius 1 is 1.25 bits per heavy atom. The quantitative estimate of drug-likeness (QED) is 0.687. The summed E-state index contributed by atoms with van der Waals surface area (Å²) in [5.41, 5.74) is -0.868. The van der Waals surface area contributed by atoms with E-state index in [0.717, 1.165) is 10.7 Å². The molecular formula is C10H5F4N2. The summed E-state index contributed by atoms with van der Waals surface area (Å²) in [6, 6.07) is 5.80. The molecule has 0 aliphatic heterocycles. The lowest BCUT2D eigenvalue weighted by Gasteiger charge is -2.02. The first kappa shape index (κ1) is 10.7. The van der Waals surface area contributed by atoms with E-state index in [1.807, 2.05) is 0 Å². The van der Waals surface area contributed by atoms with E-state index in [4.69, 9.17) is 0 Å². The molecule has 0 aliphatic carbocycles. The Labute approximate surface area is 88.1 Å². The largest absolute Gasteiger partial charge is 0.435 e. The van der Waals surface area contributed by atoms with Gasteiger partial charge in [0.25, 0.3) is 0 Å². The molecule has 83 valence electrons. The second-order valence-electron chi connectivity index (χ2n) is 3.05. The first-order valence-electron chi connectivity index (χ1n) is 4.28. The van der Waals surface area contributed by atoms with Gasteiger partial charge in [-0.15, -0.1) is 0 Å². The molecule has 0 atom stereocenters. The van der Waals surface area contributed by atoms with Gasteiger partial charge < -0.3 is 0 Å². The highest BCUT2D eigenvalue weighted by molar-refractivity contribution is 5.31. The number of halogens is 4. The maximum Gasteiger partial charge on any atom is 0.435 e. The van der Waals surface area contributed by atoms with Crippen molar-refractivity contribution in [1.29, 1.82) is 0 Å². The standard InChI is InChI=1S/C10H5F4N2/c11-7-2-1-3-8(6-7)16-5-4-9(15-16)10(12,13)14/h1-4,6H. The third-order valence-corrected chi connectivity index (χ3v) is 1.87. The van der Waals surface area contributed by atoms with Crippen molar-refractivity contribution < 1.29 is 17.6 Å². The average Bonchev–Trinajstić information content (AvgIpc) is 2.65. The lowest BCUT2D eigenvalue weighted by Crippen LogP contribution is -2.07. The van der Waals surface area contributed by atoms with E-state index in [1.54, 1.807) is 0 Å². The molecule has 2 nitrogen and oxygen atoms in total. The van der Waals surface area contributed by atoms with Gasteiger partial charge in [-0.05, 0) is 24.3 Å². The molecule has 0 fully saturated rings. The first-order chi connectivity index (χ1) is 7.47. The highest BCUT2D eigenvalue weighted by Crippen LogP contribution is 2.27. The topological polar surface area (TPSA) is 17.8 Å². The summed E-state index contributed by atoms with van der Waals surface area (Å²) in [7, 11) is 0. The minimum atomic E-state index is -4.52. The van der Waals surface area contributed by atoms with Gasteiger partial charge in [0, 0.05) is 0 Å². The molecule has 0 aliphatic rings. The molecule has 0 spiro atoms. The maximum atomic E-state index is 12.8. The van der Waals surface area contributed by atoms with Gasteiger partial charge in [0.1, 0.15) is 5.82 Å².